The topological polar surface area (TPSA) is 76.5 Å². The molecule has 0 aliphatic rings. The van der Waals surface area contributed by atoms with Crippen LogP contribution in [0.15, 0.2) is 47.1 Å². The third-order valence-electron chi connectivity index (χ3n) is 5.43. The average molecular weight is 457 g/mol. The number of nitrogens with zero attached hydrogens (tertiary/aromatic N) is 5. The zero-order valence-electron chi connectivity index (χ0n) is 18.3. The van der Waals surface area contributed by atoms with Crippen LogP contribution in [0.3, 0.4) is 0 Å². The summed E-state index contributed by atoms with van der Waals surface area (Å²) in [5.41, 5.74) is 3.45. The summed E-state index contributed by atoms with van der Waals surface area (Å²) in [7, 11) is 0. The van der Waals surface area contributed by atoms with Crippen LogP contribution in [0.1, 0.15) is 40.5 Å². The molecule has 33 heavy (non-hydrogen) atoms. The van der Waals surface area contributed by atoms with Crippen LogP contribution in [-0.4, -0.2) is 25.5 Å². The first-order valence-electron chi connectivity index (χ1n) is 10.3. The van der Waals surface area contributed by atoms with Crippen molar-refractivity contribution in [1.82, 2.24) is 19.6 Å². The quantitative estimate of drug-likeness (QED) is 0.415. The second-order valence-electron chi connectivity index (χ2n) is 7.80. The number of hydrogen-bond donors (Lipinski definition) is 0. The summed E-state index contributed by atoms with van der Waals surface area (Å²) in [4.78, 5) is 22.5. The molecule has 0 unspecified atom stereocenters. The molecular weight excluding hydrogens is 435 g/mol. The fourth-order valence-corrected chi connectivity index (χ4v) is 3.66. The monoisotopic (exact) mass is 457 g/mol. The Morgan fingerprint density at radius 2 is 1.82 bits per heavy atom. The maximum atomic E-state index is 13.2. The molecule has 1 amide bonds. The normalized spacial score (nSPS) is 11.8. The Bertz CT molecular complexity index is 1280. The first-order chi connectivity index (χ1) is 15.6. The zero-order valence-corrected chi connectivity index (χ0v) is 18.3. The van der Waals surface area contributed by atoms with Gasteiger partial charge in [-0.25, -0.2) is 9.50 Å². The molecule has 4 aromatic rings. The summed E-state index contributed by atoms with van der Waals surface area (Å²) in [6.07, 6.45) is -2.69. The summed E-state index contributed by atoms with van der Waals surface area (Å²) >= 11 is 0. The van der Waals surface area contributed by atoms with Gasteiger partial charge in [0.15, 0.2) is 0 Å². The van der Waals surface area contributed by atoms with Crippen molar-refractivity contribution in [3.8, 4) is 0 Å². The molecule has 7 nitrogen and oxygen atoms in total. The van der Waals surface area contributed by atoms with Gasteiger partial charge in [-0.3, -0.25) is 4.79 Å². The number of amides is 1. The third kappa shape index (κ3) is 4.74. The fourth-order valence-electron chi connectivity index (χ4n) is 3.66. The van der Waals surface area contributed by atoms with Crippen molar-refractivity contribution < 1.29 is 22.4 Å². The molecule has 3 aromatic heterocycles. The second kappa shape index (κ2) is 8.68. The van der Waals surface area contributed by atoms with E-state index in [9.17, 15) is 18.0 Å². The van der Waals surface area contributed by atoms with E-state index in [2.05, 4.69) is 15.1 Å². The van der Waals surface area contributed by atoms with Crippen LogP contribution in [0.4, 0.5) is 18.9 Å². The predicted octanol–water partition coefficient (Wildman–Crippen LogP) is 4.83. The minimum Gasteiger partial charge on any atom is -0.467 e. The number of aromatic nitrogens is 4. The highest BCUT2D eigenvalue weighted by atomic mass is 19.4. The number of carbonyl (C=O) groups is 1. The van der Waals surface area contributed by atoms with Gasteiger partial charge >= 0.3 is 6.18 Å². The largest absolute Gasteiger partial charge is 0.467 e. The molecule has 0 aliphatic heterocycles. The number of aryl methyl sites for hydroxylation is 3. The number of alkyl halides is 3. The zero-order chi connectivity index (χ0) is 23.8. The Kier molecular flexibility index (Phi) is 5.92. The SMILES string of the molecule is Cc1ccc(N(Cc2ccco2)C(=O)CCc2c(C)nc3nc(C(F)(F)F)nn3c2C)cc1. The Morgan fingerprint density at radius 3 is 2.45 bits per heavy atom. The smallest absolute Gasteiger partial charge is 0.453 e. The van der Waals surface area contributed by atoms with E-state index >= 15 is 0 Å². The van der Waals surface area contributed by atoms with Gasteiger partial charge in [-0.05, 0) is 57.0 Å². The second-order valence-corrected chi connectivity index (χ2v) is 7.80. The molecular formula is C23H22F3N5O2. The van der Waals surface area contributed by atoms with Crippen molar-refractivity contribution in [3.05, 3.63) is 76.8 Å². The number of benzene rings is 1. The molecule has 0 radical (unpaired) electrons. The molecule has 0 N–H and O–H groups in total. The van der Waals surface area contributed by atoms with E-state index in [-0.39, 0.29) is 24.7 Å². The fraction of sp³-hybridized carbons (Fsp3) is 0.304. The molecule has 3 heterocycles. The predicted molar refractivity (Wildman–Crippen MR) is 115 cm³/mol. The lowest BCUT2D eigenvalue weighted by molar-refractivity contribution is -0.144. The van der Waals surface area contributed by atoms with Gasteiger partial charge in [0.25, 0.3) is 11.6 Å². The van der Waals surface area contributed by atoms with Gasteiger partial charge in [-0.1, -0.05) is 17.7 Å². The van der Waals surface area contributed by atoms with Crippen LogP contribution >= 0.6 is 0 Å². The average Bonchev–Trinajstić information content (AvgIpc) is 3.42. The number of anilines is 1. The number of halogens is 3. The van der Waals surface area contributed by atoms with Crippen molar-refractivity contribution in [2.24, 2.45) is 0 Å². The highest BCUT2D eigenvalue weighted by Crippen LogP contribution is 2.27. The standard InChI is InChI=1S/C23H22F3N5O2/c1-14-6-8-17(9-7-14)30(13-18-5-4-12-33-18)20(32)11-10-19-15(2)27-22-28-21(23(24,25)26)29-31(22)16(19)3/h4-9,12H,10-11,13H2,1-3H3. The molecule has 4 rings (SSSR count). The maximum absolute atomic E-state index is 13.2. The third-order valence-corrected chi connectivity index (χ3v) is 5.43. The molecule has 0 atom stereocenters. The van der Waals surface area contributed by atoms with Gasteiger partial charge in [-0.2, -0.15) is 18.2 Å². The Hall–Kier alpha value is -3.69. The highest BCUT2D eigenvalue weighted by molar-refractivity contribution is 5.93. The van der Waals surface area contributed by atoms with Gasteiger partial charge in [0.1, 0.15) is 5.76 Å². The molecule has 0 bridgehead atoms. The first-order valence-corrected chi connectivity index (χ1v) is 10.3. The van der Waals surface area contributed by atoms with Gasteiger partial charge in [0.05, 0.1) is 12.8 Å². The van der Waals surface area contributed by atoms with E-state index in [0.717, 1.165) is 15.8 Å². The van der Waals surface area contributed by atoms with Crippen LogP contribution in [0.5, 0.6) is 0 Å². The van der Waals surface area contributed by atoms with Crippen molar-refractivity contribution in [1.29, 1.82) is 0 Å². The highest BCUT2D eigenvalue weighted by Gasteiger charge is 2.37. The lowest BCUT2D eigenvalue weighted by atomic mass is 10.1. The van der Waals surface area contributed by atoms with Crippen molar-refractivity contribution in [3.63, 3.8) is 0 Å². The number of hydrogen-bond acceptors (Lipinski definition) is 5. The molecule has 172 valence electrons. The molecule has 1 aromatic carbocycles. The summed E-state index contributed by atoms with van der Waals surface area (Å²) in [6.45, 7) is 5.57. The first kappa shape index (κ1) is 22.5. The summed E-state index contributed by atoms with van der Waals surface area (Å²) in [5.74, 6) is -0.869. The van der Waals surface area contributed by atoms with Gasteiger partial charge in [-0.15, -0.1) is 5.10 Å². The van der Waals surface area contributed by atoms with Crippen LogP contribution in [0, 0.1) is 20.8 Å². The van der Waals surface area contributed by atoms with E-state index in [1.165, 1.54) is 0 Å². The van der Waals surface area contributed by atoms with Crippen LogP contribution in [-0.2, 0) is 23.9 Å². The van der Waals surface area contributed by atoms with Crippen LogP contribution < -0.4 is 4.90 Å². The summed E-state index contributed by atoms with van der Waals surface area (Å²) in [5, 5.41) is 3.56. The van der Waals surface area contributed by atoms with Crippen molar-refractivity contribution in [2.75, 3.05) is 4.90 Å². The molecule has 0 saturated heterocycles. The van der Waals surface area contributed by atoms with E-state index in [1.54, 1.807) is 37.1 Å². The molecule has 10 heteroatoms. The van der Waals surface area contributed by atoms with E-state index in [4.69, 9.17) is 4.42 Å². The Morgan fingerprint density at radius 1 is 1.09 bits per heavy atom. The molecule has 0 saturated carbocycles. The van der Waals surface area contributed by atoms with Crippen molar-refractivity contribution >= 4 is 17.4 Å². The minimum atomic E-state index is -4.66. The summed E-state index contributed by atoms with van der Waals surface area (Å²) < 4.78 is 45.6. The lowest BCUT2D eigenvalue weighted by Crippen LogP contribution is -2.30. The van der Waals surface area contributed by atoms with E-state index < -0.39 is 12.0 Å². The molecule has 0 aliphatic carbocycles. The van der Waals surface area contributed by atoms with Gasteiger partial charge < -0.3 is 9.32 Å². The van der Waals surface area contributed by atoms with Crippen LogP contribution in [0.25, 0.3) is 5.78 Å². The number of furan rings is 1. The maximum Gasteiger partial charge on any atom is 0.453 e. The Balaban J connectivity index is 1.59. The van der Waals surface area contributed by atoms with Crippen LogP contribution in [0.2, 0.25) is 0 Å². The number of rotatable bonds is 6. The van der Waals surface area contributed by atoms with Crippen molar-refractivity contribution in [2.45, 2.75) is 46.3 Å². The molecule has 0 fully saturated rings. The molecule has 0 spiro atoms. The lowest BCUT2D eigenvalue weighted by Gasteiger charge is -2.22. The van der Waals surface area contributed by atoms with Gasteiger partial charge in [0.2, 0.25) is 5.91 Å². The van der Waals surface area contributed by atoms with E-state index in [1.807, 2.05) is 31.2 Å². The summed E-state index contributed by atoms with van der Waals surface area (Å²) in [6, 6.07) is 11.1. The Labute approximate surface area is 187 Å². The number of carbonyl (C=O) groups excluding carboxylic acids is 1. The number of fused-ring (bicyclic) bond motifs is 1. The van der Waals surface area contributed by atoms with Gasteiger partial charge in [0, 0.05) is 23.5 Å². The van der Waals surface area contributed by atoms with E-state index in [0.29, 0.717) is 29.1 Å². The minimum absolute atomic E-state index is 0.119.